The van der Waals surface area contributed by atoms with Crippen molar-refractivity contribution >= 4 is 23.5 Å². The average Bonchev–Trinajstić information content (AvgIpc) is 2.85. The number of ether oxygens (including phenoxy) is 1. The molecule has 2 amide bonds. The first-order valence-corrected chi connectivity index (χ1v) is 13.3. The molecule has 1 aromatic heterocycles. The van der Waals surface area contributed by atoms with E-state index in [1.807, 2.05) is 6.92 Å². The van der Waals surface area contributed by atoms with Crippen molar-refractivity contribution in [1.82, 2.24) is 14.9 Å². The highest BCUT2D eigenvalue weighted by atomic mass is 19.1. The maximum atomic E-state index is 14.8. The van der Waals surface area contributed by atoms with E-state index in [-0.39, 0.29) is 18.0 Å². The van der Waals surface area contributed by atoms with Crippen LogP contribution in [0, 0.1) is 5.82 Å². The lowest BCUT2D eigenvalue weighted by atomic mass is 10.1. The number of aromatic nitrogens is 2. The Labute approximate surface area is 219 Å². The molecule has 1 aromatic carbocycles. The minimum Gasteiger partial charge on any atom is -0.505 e. The third-order valence-electron chi connectivity index (χ3n) is 6.52. The molecule has 37 heavy (non-hydrogen) atoms. The lowest BCUT2D eigenvalue weighted by molar-refractivity contribution is 0.171. The molecule has 0 radical (unpaired) electrons. The quantitative estimate of drug-likeness (QED) is 0.345. The fourth-order valence-electron chi connectivity index (χ4n) is 4.70. The van der Waals surface area contributed by atoms with Gasteiger partial charge in [0.15, 0.2) is 11.6 Å². The van der Waals surface area contributed by atoms with E-state index in [2.05, 4.69) is 47.9 Å². The highest BCUT2D eigenvalue weighted by molar-refractivity contribution is 6.05. The Morgan fingerprint density at radius 3 is 2.54 bits per heavy atom. The van der Waals surface area contributed by atoms with Crippen molar-refractivity contribution in [3.63, 3.8) is 0 Å². The molecule has 2 heterocycles. The minimum atomic E-state index is -0.875. The number of carbonyl (C=O) groups is 1. The second-order valence-corrected chi connectivity index (χ2v) is 9.78. The molecule has 3 rings (SSSR count). The number of nitrogens with one attached hydrogen (secondary N) is 1. The first-order chi connectivity index (χ1) is 17.7. The summed E-state index contributed by atoms with van der Waals surface area (Å²) < 4.78 is 20.3. The molecule has 0 bridgehead atoms. The zero-order chi connectivity index (χ0) is 27.1. The lowest BCUT2D eigenvalue weighted by Gasteiger charge is -2.35. The van der Waals surface area contributed by atoms with Gasteiger partial charge in [-0.05, 0) is 60.9 Å². The van der Waals surface area contributed by atoms with E-state index in [1.165, 1.54) is 21.9 Å². The zero-order valence-corrected chi connectivity index (χ0v) is 22.9. The molecule has 1 aliphatic heterocycles. The van der Waals surface area contributed by atoms with Crippen LogP contribution in [0.4, 0.5) is 26.6 Å². The number of benzene rings is 1. The van der Waals surface area contributed by atoms with Crippen LogP contribution in [-0.2, 0) is 6.54 Å². The maximum Gasteiger partial charge on any atom is 0.330 e. The van der Waals surface area contributed by atoms with Gasteiger partial charge in [0.05, 0.1) is 18.8 Å². The van der Waals surface area contributed by atoms with Crippen LogP contribution in [0.25, 0.3) is 0 Å². The molecule has 0 unspecified atom stereocenters. The van der Waals surface area contributed by atoms with Crippen LogP contribution >= 0.6 is 0 Å². The van der Waals surface area contributed by atoms with Gasteiger partial charge in [-0.2, -0.15) is 4.98 Å². The summed E-state index contributed by atoms with van der Waals surface area (Å²) in [5.41, 5.74) is 0.642. The van der Waals surface area contributed by atoms with Crippen molar-refractivity contribution < 1.29 is 19.0 Å². The number of fused-ring (bicyclic) bond motifs is 1. The van der Waals surface area contributed by atoms with E-state index in [4.69, 9.17) is 4.74 Å². The largest absolute Gasteiger partial charge is 0.505 e. The average molecular weight is 517 g/mol. The van der Waals surface area contributed by atoms with Gasteiger partial charge < -0.3 is 15.2 Å². The highest BCUT2D eigenvalue weighted by Crippen LogP contribution is 2.37. The van der Waals surface area contributed by atoms with Gasteiger partial charge in [-0.3, -0.25) is 14.7 Å². The number of aromatic hydroxyl groups is 1. The van der Waals surface area contributed by atoms with Crippen molar-refractivity contribution in [2.45, 2.75) is 79.4 Å². The van der Waals surface area contributed by atoms with Crippen molar-refractivity contribution in [1.29, 1.82) is 0 Å². The number of nitrogens with zero attached hydrogens (tertiary/aromatic N) is 5. The standard InChI is InChI=1S/C27H41FN6O3/c1-7-32-25-20(17-34(27(32)36)22-14-21(37-8-2)15-23(35)24(22)28)16-30-26(31-25)29-12-10-9-11-13-33(18(3)4)19(5)6/h14-16,18-19,35H,7-13,17H2,1-6H3,(H,29,30,31). The van der Waals surface area contributed by atoms with Crippen LogP contribution < -0.4 is 19.9 Å². The fourth-order valence-corrected chi connectivity index (χ4v) is 4.70. The predicted molar refractivity (Wildman–Crippen MR) is 145 cm³/mol. The van der Waals surface area contributed by atoms with Gasteiger partial charge in [0, 0.05) is 49.1 Å². The van der Waals surface area contributed by atoms with Crippen LogP contribution in [0.1, 0.15) is 66.4 Å². The normalized spacial score (nSPS) is 13.6. The molecule has 0 aliphatic carbocycles. The van der Waals surface area contributed by atoms with Crippen LogP contribution in [0.3, 0.4) is 0 Å². The predicted octanol–water partition coefficient (Wildman–Crippen LogP) is 5.39. The Balaban J connectivity index is 1.66. The zero-order valence-electron chi connectivity index (χ0n) is 22.9. The molecule has 0 saturated heterocycles. The van der Waals surface area contributed by atoms with Crippen molar-refractivity contribution in [2.24, 2.45) is 0 Å². The molecule has 10 heteroatoms. The van der Waals surface area contributed by atoms with E-state index in [1.54, 1.807) is 13.1 Å². The number of phenolic OH excluding ortho intramolecular Hbond substituents is 1. The second kappa shape index (κ2) is 12.9. The second-order valence-electron chi connectivity index (χ2n) is 9.78. The molecule has 2 aromatic rings. The number of urea groups is 1. The Bertz CT molecular complexity index is 1060. The number of halogens is 1. The molecular formula is C27H41FN6O3. The topological polar surface area (TPSA) is 94.1 Å². The number of unbranched alkanes of at least 4 members (excludes halogenated alkanes) is 2. The number of phenols is 1. The van der Waals surface area contributed by atoms with Gasteiger partial charge >= 0.3 is 6.03 Å². The molecule has 0 fully saturated rings. The Morgan fingerprint density at radius 1 is 1.16 bits per heavy atom. The minimum absolute atomic E-state index is 0.0479. The summed E-state index contributed by atoms with van der Waals surface area (Å²) in [4.78, 5) is 27.6. The van der Waals surface area contributed by atoms with Crippen LogP contribution in [0.5, 0.6) is 11.5 Å². The number of amides is 2. The first kappa shape index (κ1) is 28.4. The SMILES string of the molecule is CCOc1cc(O)c(F)c(N2Cc3cnc(NCCCCCN(C(C)C)C(C)C)nc3N(CC)C2=O)c1. The Morgan fingerprint density at radius 2 is 1.89 bits per heavy atom. The highest BCUT2D eigenvalue weighted by Gasteiger charge is 2.34. The summed E-state index contributed by atoms with van der Waals surface area (Å²) >= 11 is 0. The summed E-state index contributed by atoms with van der Waals surface area (Å²) in [6.07, 6.45) is 4.89. The van der Waals surface area contributed by atoms with Gasteiger partial charge in [-0.15, -0.1) is 0 Å². The molecule has 1 aliphatic rings. The third kappa shape index (κ3) is 6.80. The lowest BCUT2D eigenvalue weighted by Crippen LogP contribution is -2.48. The third-order valence-corrected chi connectivity index (χ3v) is 6.52. The number of anilines is 3. The van der Waals surface area contributed by atoms with E-state index in [9.17, 15) is 14.3 Å². The van der Waals surface area contributed by atoms with E-state index >= 15 is 0 Å². The molecule has 9 nitrogen and oxygen atoms in total. The molecule has 0 atom stereocenters. The van der Waals surface area contributed by atoms with Crippen LogP contribution in [0.2, 0.25) is 0 Å². The Hall–Kier alpha value is -3.14. The summed E-state index contributed by atoms with van der Waals surface area (Å²) in [7, 11) is 0. The maximum absolute atomic E-state index is 14.8. The number of hydrogen-bond acceptors (Lipinski definition) is 7. The van der Waals surface area contributed by atoms with Crippen LogP contribution in [-0.4, -0.2) is 64.3 Å². The Kier molecular flexibility index (Phi) is 9.91. The monoisotopic (exact) mass is 516 g/mol. The van der Waals surface area contributed by atoms with E-state index in [0.717, 1.165) is 32.4 Å². The van der Waals surface area contributed by atoms with Gasteiger partial charge in [-0.1, -0.05) is 6.42 Å². The van der Waals surface area contributed by atoms with E-state index in [0.29, 0.717) is 42.6 Å². The van der Waals surface area contributed by atoms with E-state index < -0.39 is 17.6 Å². The molecule has 0 saturated carbocycles. The smallest absolute Gasteiger partial charge is 0.330 e. The van der Waals surface area contributed by atoms with Crippen molar-refractivity contribution in [2.75, 3.05) is 41.4 Å². The van der Waals surface area contributed by atoms with Gasteiger partial charge in [0.1, 0.15) is 11.6 Å². The molecule has 2 N–H and O–H groups in total. The summed E-state index contributed by atoms with van der Waals surface area (Å²) in [5.74, 6) is -0.183. The van der Waals surface area contributed by atoms with Gasteiger partial charge in [0.2, 0.25) is 5.95 Å². The number of hydrogen-bond donors (Lipinski definition) is 2. The molecule has 204 valence electrons. The van der Waals surface area contributed by atoms with Crippen LogP contribution in [0.15, 0.2) is 18.3 Å². The summed E-state index contributed by atoms with van der Waals surface area (Å²) in [5, 5.41) is 13.3. The molecular weight excluding hydrogens is 475 g/mol. The van der Waals surface area contributed by atoms with Gasteiger partial charge in [-0.25, -0.2) is 14.2 Å². The summed E-state index contributed by atoms with van der Waals surface area (Å²) in [6.45, 7) is 15.2. The summed E-state index contributed by atoms with van der Waals surface area (Å²) in [6, 6.07) is 3.28. The first-order valence-electron chi connectivity index (χ1n) is 13.3. The van der Waals surface area contributed by atoms with Gasteiger partial charge in [0.25, 0.3) is 0 Å². The fraction of sp³-hybridized carbons (Fsp3) is 0.593. The van der Waals surface area contributed by atoms with Crippen molar-refractivity contribution in [3.8, 4) is 11.5 Å². The molecule has 0 spiro atoms. The number of carbonyl (C=O) groups excluding carboxylic acids is 1. The van der Waals surface area contributed by atoms with Crippen molar-refractivity contribution in [3.05, 3.63) is 29.7 Å². The number of rotatable bonds is 13.